The fourth-order valence-electron chi connectivity index (χ4n) is 4.33. The quantitative estimate of drug-likeness (QED) is 0.567. The molecule has 0 aliphatic carbocycles. The zero-order chi connectivity index (χ0) is 23.1. The molecule has 1 aromatic heterocycles. The normalized spacial score (nSPS) is 14.3. The fourth-order valence-corrected chi connectivity index (χ4v) is 4.33. The van der Waals surface area contributed by atoms with Crippen LogP contribution in [0.3, 0.4) is 0 Å². The monoisotopic (exact) mass is 443 g/mol. The number of rotatable bonds is 10. The summed E-state index contributed by atoms with van der Waals surface area (Å²) in [5, 5.41) is 0. The Morgan fingerprint density at radius 1 is 1.09 bits per heavy atom. The third-order valence-electron chi connectivity index (χ3n) is 6.01. The first-order valence-corrected chi connectivity index (χ1v) is 11.0. The molecular formula is C24H33N3O5. The summed E-state index contributed by atoms with van der Waals surface area (Å²) in [5.41, 5.74) is 9.73. The second-order valence-electron chi connectivity index (χ2n) is 7.91. The first-order chi connectivity index (χ1) is 15.5. The summed E-state index contributed by atoms with van der Waals surface area (Å²) in [6.07, 6.45) is 1.60. The minimum atomic E-state index is -0.473. The lowest BCUT2D eigenvalue weighted by Gasteiger charge is -2.26. The van der Waals surface area contributed by atoms with Gasteiger partial charge in [-0.05, 0) is 37.5 Å². The molecule has 3 rings (SSSR count). The first-order valence-electron chi connectivity index (χ1n) is 11.0. The first kappa shape index (κ1) is 23.8. The molecule has 1 amide bonds. The number of ether oxygens (including phenoxy) is 3. The number of methoxy groups -OCH3 is 2. The van der Waals surface area contributed by atoms with Gasteiger partial charge in [0.15, 0.2) is 0 Å². The highest BCUT2D eigenvalue weighted by Gasteiger charge is 2.25. The highest BCUT2D eigenvalue weighted by atomic mass is 16.5. The van der Waals surface area contributed by atoms with E-state index in [0.29, 0.717) is 12.0 Å². The van der Waals surface area contributed by atoms with Crippen LogP contribution in [0, 0.1) is 6.92 Å². The minimum absolute atomic E-state index is 0.227. The molecule has 32 heavy (non-hydrogen) atoms. The lowest BCUT2D eigenvalue weighted by atomic mass is 9.98. The van der Waals surface area contributed by atoms with E-state index >= 15 is 0 Å². The molecule has 0 saturated carbocycles. The van der Waals surface area contributed by atoms with Crippen LogP contribution in [0.15, 0.2) is 24.3 Å². The Hall–Kier alpha value is -2.84. The molecule has 1 saturated heterocycles. The molecular weight excluding hydrogens is 410 g/mol. The number of morpholine rings is 1. The third-order valence-corrected chi connectivity index (χ3v) is 6.01. The van der Waals surface area contributed by atoms with Gasteiger partial charge in [0.2, 0.25) is 0 Å². The van der Waals surface area contributed by atoms with E-state index in [0.717, 1.165) is 74.1 Å². The number of amides is 1. The Labute approximate surface area is 189 Å². The van der Waals surface area contributed by atoms with Gasteiger partial charge in [-0.1, -0.05) is 12.1 Å². The van der Waals surface area contributed by atoms with Gasteiger partial charge in [-0.15, -0.1) is 0 Å². The van der Waals surface area contributed by atoms with E-state index in [2.05, 4.69) is 9.47 Å². The summed E-state index contributed by atoms with van der Waals surface area (Å²) < 4.78 is 17.7. The summed E-state index contributed by atoms with van der Waals surface area (Å²) >= 11 is 0. The zero-order valence-corrected chi connectivity index (χ0v) is 19.2. The third kappa shape index (κ3) is 5.49. The van der Waals surface area contributed by atoms with Crippen LogP contribution in [-0.4, -0.2) is 68.4 Å². The van der Waals surface area contributed by atoms with Crippen molar-refractivity contribution >= 4 is 11.9 Å². The van der Waals surface area contributed by atoms with Gasteiger partial charge in [0.1, 0.15) is 5.75 Å². The van der Waals surface area contributed by atoms with Gasteiger partial charge in [0.25, 0.3) is 5.91 Å². The number of nitrogens with two attached hydrogens (primary N) is 1. The van der Waals surface area contributed by atoms with Crippen molar-refractivity contribution < 1.29 is 23.8 Å². The van der Waals surface area contributed by atoms with Crippen LogP contribution < -0.4 is 10.5 Å². The van der Waals surface area contributed by atoms with Crippen molar-refractivity contribution in [1.29, 1.82) is 0 Å². The highest BCUT2D eigenvalue weighted by molar-refractivity contribution is 6.02. The van der Waals surface area contributed by atoms with Gasteiger partial charge in [0, 0.05) is 43.1 Å². The summed E-state index contributed by atoms with van der Waals surface area (Å²) in [6, 6.07) is 7.55. The molecule has 174 valence electrons. The van der Waals surface area contributed by atoms with E-state index < -0.39 is 5.91 Å². The summed E-state index contributed by atoms with van der Waals surface area (Å²) in [5.74, 6) is -0.0308. The molecule has 8 nitrogen and oxygen atoms in total. The molecule has 1 aromatic carbocycles. The van der Waals surface area contributed by atoms with Crippen molar-refractivity contribution in [3.8, 4) is 16.9 Å². The van der Waals surface area contributed by atoms with Gasteiger partial charge in [0.05, 0.1) is 39.4 Å². The summed E-state index contributed by atoms with van der Waals surface area (Å²) in [4.78, 5) is 26.8. The van der Waals surface area contributed by atoms with E-state index in [1.807, 2.05) is 31.2 Å². The second kappa shape index (κ2) is 11.2. The predicted octanol–water partition coefficient (Wildman–Crippen LogP) is 2.40. The van der Waals surface area contributed by atoms with E-state index in [1.54, 1.807) is 7.11 Å². The lowest BCUT2D eigenvalue weighted by Crippen LogP contribution is -2.37. The number of carbonyl (C=O) groups is 2. The van der Waals surface area contributed by atoms with Crippen molar-refractivity contribution in [2.24, 2.45) is 5.73 Å². The molecule has 2 aromatic rings. The summed E-state index contributed by atoms with van der Waals surface area (Å²) in [6.45, 7) is 6.99. The standard InChI is InChI=1S/C24H33N3O5/c1-17-22(24(25)29)23(18-5-7-19(30-2)8-6-18)20(9-10-21(28)31-3)27(17)12-4-11-26-13-15-32-16-14-26/h5-8H,4,9-16H2,1-3H3,(H2,25,29). The Kier molecular flexibility index (Phi) is 8.30. The van der Waals surface area contributed by atoms with Crippen molar-refractivity contribution in [2.75, 3.05) is 47.1 Å². The molecule has 0 radical (unpaired) electrons. The molecule has 0 spiro atoms. The Morgan fingerprint density at radius 2 is 1.78 bits per heavy atom. The van der Waals surface area contributed by atoms with Gasteiger partial charge in [-0.2, -0.15) is 0 Å². The molecule has 0 bridgehead atoms. The van der Waals surface area contributed by atoms with Crippen LogP contribution in [0.5, 0.6) is 5.75 Å². The van der Waals surface area contributed by atoms with Crippen molar-refractivity contribution in [1.82, 2.24) is 9.47 Å². The molecule has 1 fully saturated rings. The summed E-state index contributed by atoms with van der Waals surface area (Å²) in [7, 11) is 2.99. The molecule has 1 aliphatic heterocycles. The molecule has 8 heteroatoms. The van der Waals surface area contributed by atoms with Crippen LogP contribution in [0.25, 0.3) is 11.1 Å². The maximum Gasteiger partial charge on any atom is 0.305 e. The van der Waals surface area contributed by atoms with E-state index in [9.17, 15) is 9.59 Å². The Bertz CT molecular complexity index is 930. The second-order valence-corrected chi connectivity index (χ2v) is 7.91. The molecule has 0 atom stereocenters. The van der Waals surface area contributed by atoms with Crippen LogP contribution in [-0.2, 0) is 27.2 Å². The SMILES string of the molecule is COC(=O)CCc1c(-c2ccc(OC)cc2)c(C(N)=O)c(C)n1CCCN1CCOCC1. The zero-order valence-electron chi connectivity index (χ0n) is 19.2. The van der Waals surface area contributed by atoms with Gasteiger partial charge < -0.3 is 24.5 Å². The maximum atomic E-state index is 12.5. The average molecular weight is 444 g/mol. The number of nitrogens with zero attached hydrogens (tertiary/aromatic N) is 2. The van der Waals surface area contributed by atoms with Gasteiger partial charge >= 0.3 is 5.97 Å². The van der Waals surface area contributed by atoms with E-state index in [4.69, 9.17) is 19.9 Å². The average Bonchev–Trinajstić information content (AvgIpc) is 3.09. The number of hydrogen-bond acceptors (Lipinski definition) is 6. The molecule has 0 unspecified atom stereocenters. The van der Waals surface area contributed by atoms with Crippen molar-refractivity contribution in [3.63, 3.8) is 0 Å². The number of carbonyl (C=O) groups excluding carboxylic acids is 2. The molecule has 1 aliphatic rings. The molecule has 2 heterocycles. The topological polar surface area (TPSA) is 96.0 Å². The lowest BCUT2D eigenvalue weighted by molar-refractivity contribution is -0.140. The number of benzene rings is 1. The van der Waals surface area contributed by atoms with Gasteiger partial charge in [-0.25, -0.2) is 0 Å². The smallest absolute Gasteiger partial charge is 0.305 e. The maximum absolute atomic E-state index is 12.5. The van der Waals surface area contributed by atoms with Crippen molar-refractivity contribution in [2.45, 2.75) is 32.7 Å². The largest absolute Gasteiger partial charge is 0.497 e. The number of esters is 1. The number of hydrogen-bond donors (Lipinski definition) is 1. The highest BCUT2D eigenvalue weighted by Crippen LogP contribution is 2.35. The molecule has 2 N–H and O–H groups in total. The van der Waals surface area contributed by atoms with Crippen LogP contribution in [0.4, 0.5) is 0 Å². The van der Waals surface area contributed by atoms with E-state index in [1.165, 1.54) is 7.11 Å². The number of aromatic nitrogens is 1. The van der Waals surface area contributed by atoms with E-state index in [-0.39, 0.29) is 12.4 Å². The van der Waals surface area contributed by atoms with Gasteiger partial charge in [-0.3, -0.25) is 14.5 Å². The predicted molar refractivity (Wildman–Crippen MR) is 122 cm³/mol. The fraction of sp³-hybridized carbons (Fsp3) is 0.500. The number of primary amides is 1. The van der Waals surface area contributed by atoms with Crippen molar-refractivity contribution in [3.05, 3.63) is 41.2 Å². The Balaban J connectivity index is 1.97. The Morgan fingerprint density at radius 3 is 2.38 bits per heavy atom. The minimum Gasteiger partial charge on any atom is -0.497 e. The van der Waals surface area contributed by atoms with Crippen LogP contribution in [0.1, 0.15) is 34.6 Å². The van der Waals surface area contributed by atoms with Crippen LogP contribution >= 0.6 is 0 Å². The van der Waals surface area contributed by atoms with Crippen LogP contribution in [0.2, 0.25) is 0 Å².